The zero-order valence-corrected chi connectivity index (χ0v) is 21.5. The molecule has 208 valence electrons. The van der Waals surface area contributed by atoms with Crippen LogP contribution in [-0.4, -0.2) is 42.9 Å². The van der Waals surface area contributed by atoms with Crippen molar-refractivity contribution in [1.82, 2.24) is 25.1 Å². The molecule has 5 aromatic rings. The lowest BCUT2D eigenvalue weighted by Gasteiger charge is -2.12. The fraction of sp³-hybridized carbons (Fsp3) is 0.0690. The average Bonchev–Trinajstić information content (AvgIpc) is 3.42. The minimum Gasteiger partial charge on any atom is -0.402 e. The molecule has 0 radical (unpaired) electrons. The Balaban J connectivity index is 1.37. The Morgan fingerprint density at radius 1 is 0.905 bits per heavy atom. The lowest BCUT2D eigenvalue weighted by atomic mass is 10.0. The zero-order chi connectivity index (χ0) is 29.3. The Hall–Kier alpha value is -5.72. The largest absolute Gasteiger partial charge is 0.417 e. The summed E-state index contributed by atoms with van der Waals surface area (Å²) in [4.78, 5) is 29.9. The molecule has 3 aromatic heterocycles. The van der Waals surface area contributed by atoms with Crippen molar-refractivity contribution < 1.29 is 22.4 Å². The van der Waals surface area contributed by atoms with Crippen molar-refractivity contribution in [1.29, 1.82) is 0 Å². The molecule has 13 heteroatoms. The van der Waals surface area contributed by atoms with Gasteiger partial charge in [0, 0.05) is 40.8 Å². The predicted octanol–water partition coefficient (Wildman–Crippen LogP) is 5.48. The van der Waals surface area contributed by atoms with Crippen LogP contribution in [0.15, 0.2) is 95.2 Å². The molecule has 0 spiro atoms. The van der Waals surface area contributed by atoms with Gasteiger partial charge in [-0.15, -0.1) is 5.10 Å². The molecule has 1 aliphatic heterocycles. The second-order valence-electron chi connectivity index (χ2n) is 8.99. The van der Waals surface area contributed by atoms with Crippen LogP contribution < -0.4 is 10.6 Å². The number of aromatic nitrogens is 5. The van der Waals surface area contributed by atoms with Gasteiger partial charge in [0.15, 0.2) is 5.82 Å². The van der Waals surface area contributed by atoms with E-state index in [9.17, 15) is 18.0 Å². The van der Waals surface area contributed by atoms with Crippen molar-refractivity contribution in [3.8, 4) is 22.7 Å². The third-order valence-corrected chi connectivity index (χ3v) is 6.26. The summed E-state index contributed by atoms with van der Waals surface area (Å²) in [7, 11) is 0. The van der Waals surface area contributed by atoms with Gasteiger partial charge in [-0.25, -0.2) is 19.9 Å². The van der Waals surface area contributed by atoms with Crippen molar-refractivity contribution in [2.24, 2.45) is 4.99 Å². The molecule has 2 aromatic carbocycles. The van der Waals surface area contributed by atoms with Crippen LogP contribution in [0.4, 0.5) is 24.9 Å². The van der Waals surface area contributed by atoms with E-state index < -0.39 is 23.8 Å². The first kappa shape index (κ1) is 26.5. The van der Waals surface area contributed by atoms with E-state index in [1.807, 2.05) is 42.5 Å². The number of halogens is 3. The molecule has 1 atom stereocenters. The Morgan fingerprint density at radius 3 is 2.38 bits per heavy atom. The van der Waals surface area contributed by atoms with E-state index in [4.69, 9.17) is 4.42 Å². The lowest BCUT2D eigenvalue weighted by molar-refractivity contribution is -0.137. The van der Waals surface area contributed by atoms with E-state index in [0.717, 1.165) is 17.2 Å². The van der Waals surface area contributed by atoms with E-state index in [-0.39, 0.29) is 28.7 Å². The number of para-hydroxylation sites is 1. The molecule has 4 heterocycles. The summed E-state index contributed by atoms with van der Waals surface area (Å²) >= 11 is 0. The number of alkyl halides is 3. The van der Waals surface area contributed by atoms with Crippen LogP contribution in [0.1, 0.15) is 22.5 Å². The van der Waals surface area contributed by atoms with Gasteiger partial charge in [-0.2, -0.15) is 13.2 Å². The Kier molecular flexibility index (Phi) is 6.74. The van der Waals surface area contributed by atoms with Crippen molar-refractivity contribution in [2.45, 2.75) is 12.3 Å². The molecular formula is C29H19F3N8O2. The van der Waals surface area contributed by atoms with E-state index >= 15 is 0 Å². The second kappa shape index (κ2) is 10.7. The zero-order valence-electron chi connectivity index (χ0n) is 21.5. The summed E-state index contributed by atoms with van der Waals surface area (Å²) in [6.07, 6.45) is -1.08. The fourth-order valence-corrected chi connectivity index (χ4v) is 4.27. The number of amides is 1. The second-order valence-corrected chi connectivity index (χ2v) is 8.99. The SMILES string of the molecule is C=Cc1ncc(-c2cc(C(F)(F)F)cnc2-c2nnc(NC3N=C(c4ccccc4)c4ccccc4NC3=O)o2)cn1. The molecule has 0 aliphatic carbocycles. The number of carbonyl (C=O) groups is 1. The van der Waals surface area contributed by atoms with Gasteiger partial charge in [-0.1, -0.05) is 60.2 Å². The smallest absolute Gasteiger partial charge is 0.402 e. The lowest BCUT2D eigenvalue weighted by Crippen LogP contribution is -2.32. The molecule has 1 aliphatic rings. The van der Waals surface area contributed by atoms with Gasteiger partial charge >= 0.3 is 12.2 Å². The number of hydrogen-bond acceptors (Lipinski definition) is 9. The van der Waals surface area contributed by atoms with Gasteiger partial charge < -0.3 is 15.1 Å². The van der Waals surface area contributed by atoms with Gasteiger partial charge in [0.05, 0.1) is 17.0 Å². The van der Waals surface area contributed by atoms with Crippen molar-refractivity contribution >= 4 is 29.4 Å². The summed E-state index contributed by atoms with van der Waals surface area (Å²) in [6, 6.07) is 17.3. The number of aliphatic imine (C=N–C) groups is 1. The quantitative estimate of drug-likeness (QED) is 0.275. The van der Waals surface area contributed by atoms with Crippen molar-refractivity contribution in [3.05, 3.63) is 108 Å². The number of carbonyl (C=O) groups excluding carboxylic acids is 1. The highest BCUT2D eigenvalue weighted by Gasteiger charge is 2.33. The number of benzodiazepines with no additional fused rings is 1. The molecular weight excluding hydrogens is 549 g/mol. The topological polar surface area (TPSA) is 131 Å². The maximum Gasteiger partial charge on any atom is 0.417 e. The maximum atomic E-state index is 13.5. The Morgan fingerprint density at radius 2 is 1.64 bits per heavy atom. The highest BCUT2D eigenvalue weighted by Crippen LogP contribution is 2.36. The van der Waals surface area contributed by atoms with E-state index in [2.05, 4.69) is 47.4 Å². The van der Waals surface area contributed by atoms with Crippen LogP contribution in [0.2, 0.25) is 0 Å². The highest BCUT2D eigenvalue weighted by atomic mass is 19.4. The summed E-state index contributed by atoms with van der Waals surface area (Å²) in [6.45, 7) is 3.58. The summed E-state index contributed by atoms with van der Waals surface area (Å²) < 4.78 is 46.3. The number of hydrogen-bond donors (Lipinski definition) is 2. The Bertz CT molecular complexity index is 1820. The van der Waals surface area contributed by atoms with Gasteiger partial charge in [0.2, 0.25) is 6.17 Å². The van der Waals surface area contributed by atoms with E-state index in [1.165, 1.54) is 18.5 Å². The first-order valence-corrected chi connectivity index (χ1v) is 12.5. The third-order valence-electron chi connectivity index (χ3n) is 6.26. The number of nitrogens with one attached hydrogen (secondary N) is 2. The van der Waals surface area contributed by atoms with Crippen LogP contribution in [-0.2, 0) is 11.0 Å². The van der Waals surface area contributed by atoms with Crippen LogP contribution in [0.5, 0.6) is 0 Å². The normalized spacial score (nSPS) is 14.8. The molecule has 10 nitrogen and oxygen atoms in total. The molecule has 1 amide bonds. The van der Waals surface area contributed by atoms with Crippen molar-refractivity contribution in [3.63, 3.8) is 0 Å². The van der Waals surface area contributed by atoms with Crippen LogP contribution in [0.25, 0.3) is 28.8 Å². The predicted molar refractivity (Wildman–Crippen MR) is 148 cm³/mol. The minimum atomic E-state index is -4.65. The van der Waals surface area contributed by atoms with E-state index in [1.54, 1.807) is 12.1 Å². The monoisotopic (exact) mass is 568 g/mol. The number of fused-ring (bicyclic) bond motifs is 1. The standard InChI is InChI=1S/C29H19F3N8O2/c1-2-22-33-13-17(14-34-22)20-12-18(29(30,31)32)15-35-24(20)27-39-40-28(42-27)38-25-26(41)36-21-11-7-6-10-19(21)23(37-25)16-8-4-3-5-9-16/h2-15,25H,1H2,(H,36,41)(H,38,40). The van der Waals surface area contributed by atoms with Gasteiger partial charge in [0.25, 0.3) is 11.8 Å². The average molecular weight is 569 g/mol. The molecule has 2 N–H and O–H groups in total. The molecule has 42 heavy (non-hydrogen) atoms. The fourth-order valence-electron chi connectivity index (χ4n) is 4.27. The Labute approximate surface area is 236 Å². The number of pyridine rings is 1. The van der Waals surface area contributed by atoms with Crippen LogP contribution >= 0.6 is 0 Å². The summed E-state index contributed by atoms with van der Waals surface area (Å²) in [5, 5.41) is 13.6. The minimum absolute atomic E-state index is 0.0164. The number of nitrogens with zero attached hydrogens (tertiary/aromatic N) is 6. The number of anilines is 2. The molecule has 0 fully saturated rings. The summed E-state index contributed by atoms with van der Waals surface area (Å²) in [5.74, 6) is -0.386. The molecule has 6 rings (SSSR count). The first-order chi connectivity index (χ1) is 20.3. The van der Waals surface area contributed by atoms with Gasteiger partial charge in [-0.05, 0) is 18.2 Å². The van der Waals surface area contributed by atoms with E-state index in [0.29, 0.717) is 23.4 Å². The molecule has 0 saturated heterocycles. The first-order valence-electron chi connectivity index (χ1n) is 12.5. The van der Waals surface area contributed by atoms with Gasteiger partial charge in [-0.3, -0.25) is 4.79 Å². The number of rotatable bonds is 6. The molecule has 0 saturated carbocycles. The number of benzene rings is 2. The van der Waals surface area contributed by atoms with Gasteiger partial charge in [0.1, 0.15) is 5.69 Å². The van der Waals surface area contributed by atoms with Crippen molar-refractivity contribution in [2.75, 3.05) is 10.6 Å². The highest BCUT2D eigenvalue weighted by molar-refractivity contribution is 6.19. The van der Waals surface area contributed by atoms with Crippen LogP contribution in [0.3, 0.4) is 0 Å². The third kappa shape index (κ3) is 5.22. The molecule has 1 unspecified atom stereocenters. The maximum absolute atomic E-state index is 13.5. The van der Waals surface area contributed by atoms with Crippen LogP contribution in [0, 0.1) is 0 Å². The molecule has 0 bridgehead atoms. The summed E-state index contributed by atoms with van der Waals surface area (Å²) in [5.41, 5.74) is 1.86.